The van der Waals surface area contributed by atoms with E-state index >= 15 is 0 Å². The van der Waals surface area contributed by atoms with Crippen molar-refractivity contribution >= 4 is 34.9 Å². The topological polar surface area (TPSA) is 46.9 Å². The predicted molar refractivity (Wildman–Crippen MR) is 77.4 cm³/mol. The Balaban J connectivity index is 2.50. The van der Waals surface area contributed by atoms with Crippen molar-refractivity contribution in [1.29, 1.82) is 0 Å². The van der Waals surface area contributed by atoms with E-state index < -0.39 is 0 Å². The number of benzene rings is 1. The molecule has 100 valence electrons. The van der Waals surface area contributed by atoms with Crippen LogP contribution in [0, 0.1) is 13.8 Å². The van der Waals surface area contributed by atoms with Gasteiger partial charge >= 0.3 is 0 Å². The Morgan fingerprint density at radius 2 is 2.16 bits per heavy atom. The molecule has 1 N–H and O–H groups in total. The number of halogens is 2. The Hall–Kier alpha value is -1.52. The molecule has 0 unspecified atom stereocenters. The molecule has 1 amide bonds. The Labute approximate surface area is 121 Å². The smallest absolute Gasteiger partial charge is 0.240 e. The number of carbonyl (C=O) groups excluding carboxylic acids is 1. The number of anilines is 1. The molecule has 0 fully saturated rings. The van der Waals surface area contributed by atoms with Crippen LogP contribution in [0.1, 0.15) is 11.3 Å². The van der Waals surface area contributed by atoms with Gasteiger partial charge in [0.15, 0.2) is 0 Å². The summed E-state index contributed by atoms with van der Waals surface area (Å²) in [4.78, 5) is 11.4. The van der Waals surface area contributed by atoms with Crippen molar-refractivity contribution in [2.24, 2.45) is 0 Å². The largest absolute Gasteiger partial charge is 0.310 e. The molecule has 19 heavy (non-hydrogen) atoms. The van der Waals surface area contributed by atoms with Crippen molar-refractivity contribution in [3.05, 3.63) is 40.5 Å². The molecule has 0 aliphatic carbocycles. The van der Waals surface area contributed by atoms with E-state index in [0.717, 1.165) is 16.9 Å². The lowest BCUT2D eigenvalue weighted by Gasteiger charge is -2.11. The maximum atomic E-state index is 11.4. The molecule has 4 nitrogen and oxygen atoms in total. The minimum atomic E-state index is -0.275. The minimum absolute atomic E-state index is 0.0985. The van der Waals surface area contributed by atoms with Crippen LogP contribution in [0.4, 0.5) is 5.82 Å². The summed E-state index contributed by atoms with van der Waals surface area (Å²) in [5, 5.41) is 7.74. The molecule has 1 heterocycles. The fraction of sp³-hybridized carbons (Fsp3) is 0.231. The number of nitrogens with zero attached hydrogens (tertiary/aromatic N) is 2. The maximum Gasteiger partial charge on any atom is 0.240 e. The van der Waals surface area contributed by atoms with Crippen molar-refractivity contribution in [1.82, 2.24) is 9.78 Å². The summed E-state index contributed by atoms with van der Waals surface area (Å²) in [5.41, 5.74) is 2.52. The summed E-state index contributed by atoms with van der Waals surface area (Å²) in [6.45, 7) is 3.76. The van der Waals surface area contributed by atoms with Crippen molar-refractivity contribution in [3.8, 4) is 5.69 Å². The van der Waals surface area contributed by atoms with Crippen LogP contribution in [0.2, 0.25) is 5.02 Å². The second-order valence-corrected chi connectivity index (χ2v) is 4.82. The number of nitrogens with one attached hydrogen (secondary N) is 1. The number of rotatable bonds is 3. The fourth-order valence-electron chi connectivity index (χ4n) is 1.77. The van der Waals surface area contributed by atoms with Gasteiger partial charge in [-0.15, -0.1) is 11.6 Å². The van der Waals surface area contributed by atoms with E-state index in [2.05, 4.69) is 10.4 Å². The Kier molecular flexibility index (Phi) is 4.12. The van der Waals surface area contributed by atoms with Gasteiger partial charge in [-0.05, 0) is 31.5 Å². The zero-order valence-corrected chi connectivity index (χ0v) is 12.1. The van der Waals surface area contributed by atoms with Gasteiger partial charge in [-0.3, -0.25) is 4.79 Å². The first-order valence-corrected chi connectivity index (χ1v) is 6.62. The average molecular weight is 298 g/mol. The molecule has 0 saturated heterocycles. The van der Waals surface area contributed by atoms with Crippen LogP contribution < -0.4 is 5.32 Å². The number of amides is 1. The molecule has 0 spiro atoms. The van der Waals surface area contributed by atoms with Crippen LogP contribution in [0.5, 0.6) is 0 Å². The first kappa shape index (κ1) is 13.9. The zero-order valence-electron chi connectivity index (χ0n) is 10.6. The van der Waals surface area contributed by atoms with Crippen molar-refractivity contribution in [2.45, 2.75) is 13.8 Å². The average Bonchev–Trinajstić information content (AvgIpc) is 2.73. The molecular weight excluding hydrogens is 285 g/mol. The highest BCUT2D eigenvalue weighted by Gasteiger charge is 2.13. The lowest BCUT2D eigenvalue weighted by molar-refractivity contribution is -0.114. The summed E-state index contributed by atoms with van der Waals surface area (Å²) in [7, 11) is 0. The zero-order chi connectivity index (χ0) is 14.0. The van der Waals surface area contributed by atoms with Crippen molar-refractivity contribution < 1.29 is 4.79 Å². The molecule has 2 aromatic rings. The second kappa shape index (κ2) is 5.63. The molecule has 0 saturated carbocycles. The van der Waals surface area contributed by atoms with Crippen LogP contribution >= 0.6 is 23.2 Å². The van der Waals surface area contributed by atoms with E-state index in [0.29, 0.717) is 10.8 Å². The third-order valence-electron chi connectivity index (χ3n) is 2.69. The monoisotopic (exact) mass is 297 g/mol. The summed E-state index contributed by atoms with van der Waals surface area (Å²) in [5.74, 6) is 0.203. The molecule has 0 aliphatic rings. The van der Waals surface area contributed by atoms with E-state index in [-0.39, 0.29) is 11.8 Å². The SMILES string of the molecule is Cc1cc(NC(=O)CCl)n(-c2cccc(Cl)c2C)n1. The number of hydrogen-bond acceptors (Lipinski definition) is 2. The lowest BCUT2D eigenvalue weighted by atomic mass is 10.2. The number of hydrogen-bond donors (Lipinski definition) is 1. The predicted octanol–water partition coefficient (Wildman–Crippen LogP) is 3.32. The van der Waals surface area contributed by atoms with Gasteiger partial charge in [0, 0.05) is 11.1 Å². The molecule has 0 aliphatic heterocycles. The Morgan fingerprint density at radius 3 is 2.84 bits per heavy atom. The van der Waals surface area contributed by atoms with Crippen LogP contribution in [0.3, 0.4) is 0 Å². The van der Waals surface area contributed by atoms with Gasteiger partial charge in [-0.2, -0.15) is 5.10 Å². The van der Waals surface area contributed by atoms with Crippen molar-refractivity contribution in [3.63, 3.8) is 0 Å². The van der Waals surface area contributed by atoms with E-state index in [9.17, 15) is 4.79 Å². The molecule has 1 aromatic carbocycles. The van der Waals surface area contributed by atoms with E-state index in [1.165, 1.54) is 0 Å². The summed E-state index contributed by atoms with van der Waals surface area (Å²) < 4.78 is 1.65. The second-order valence-electron chi connectivity index (χ2n) is 4.15. The van der Waals surface area contributed by atoms with Gasteiger partial charge in [0.2, 0.25) is 5.91 Å². The third kappa shape index (κ3) is 2.91. The molecule has 6 heteroatoms. The van der Waals surface area contributed by atoms with E-state index in [4.69, 9.17) is 23.2 Å². The first-order chi connectivity index (χ1) is 9.02. The number of carbonyl (C=O) groups is 1. The van der Waals surface area contributed by atoms with Crippen LogP contribution in [-0.4, -0.2) is 21.6 Å². The molecule has 0 radical (unpaired) electrons. The van der Waals surface area contributed by atoms with Gasteiger partial charge < -0.3 is 5.32 Å². The molecule has 2 rings (SSSR count). The van der Waals surface area contributed by atoms with Gasteiger partial charge in [-0.1, -0.05) is 17.7 Å². The van der Waals surface area contributed by atoms with Crippen molar-refractivity contribution in [2.75, 3.05) is 11.2 Å². The number of aromatic nitrogens is 2. The summed E-state index contributed by atoms with van der Waals surface area (Å²) >= 11 is 11.6. The van der Waals surface area contributed by atoms with Gasteiger partial charge in [0.1, 0.15) is 11.7 Å². The standard InChI is InChI=1S/C13H13Cl2N3O/c1-8-6-12(16-13(19)7-14)18(17-8)11-5-3-4-10(15)9(11)2/h3-6H,7H2,1-2H3,(H,16,19). The Bertz CT molecular complexity index is 622. The number of aryl methyl sites for hydroxylation is 1. The van der Waals surface area contributed by atoms with E-state index in [1.54, 1.807) is 10.7 Å². The van der Waals surface area contributed by atoms with Gasteiger partial charge in [0.05, 0.1) is 11.4 Å². The van der Waals surface area contributed by atoms with Gasteiger partial charge in [-0.25, -0.2) is 4.68 Å². The highest BCUT2D eigenvalue weighted by atomic mass is 35.5. The highest BCUT2D eigenvalue weighted by molar-refractivity contribution is 6.31. The third-order valence-corrected chi connectivity index (χ3v) is 3.34. The van der Waals surface area contributed by atoms with Crippen LogP contribution in [0.15, 0.2) is 24.3 Å². The summed E-state index contributed by atoms with van der Waals surface area (Å²) in [6.07, 6.45) is 0. The molecule has 1 aromatic heterocycles. The maximum absolute atomic E-state index is 11.4. The first-order valence-electron chi connectivity index (χ1n) is 5.71. The lowest BCUT2D eigenvalue weighted by Crippen LogP contribution is -2.16. The van der Waals surface area contributed by atoms with Crippen LogP contribution in [-0.2, 0) is 4.79 Å². The minimum Gasteiger partial charge on any atom is -0.310 e. The van der Waals surface area contributed by atoms with Crippen LogP contribution in [0.25, 0.3) is 5.69 Å². The summed E-state index contributed by atoms with van der Waals surface area (Å²) in [6, 6.07) is 7.33. The molecule has 0 bridgehead atoms. The van der Waals surface area contributed by atoms with E-state index in [1.807, 2.05) is 32.0 Å². The quantitative estimate of drug-likeness (QED) is 0.884. The Morgan fingerprint density at radius 1 is 1.42 bits per heavy atom. The normalized spacial score (nSPS) is 10.5. The molecule has 0 atom stereocenters. The van der Waals surface area contributed by atoms with Gasteiger partial charge in [0.25, 0.3) is 0 Å². The molecular formula is C13H13Cl2N3O. The number of alkyl halides is 1. The highest BCUT2D eigenvalue weighted by Crippen LogP contribution is 2.25. The fourth-order valence-corrected chi connectivity index (χ4v) is 2.01.